The number of hydroxylamine groups is 1. The first-order chi connectivity index (χ1) is 4.50. The Hall–Kier alpha value is -0.570. The van der Waals surface area contributed by atoms with Crippen LogP contribution < -0.4 is 5.48 Å². The topological polar surface area (TPSA) is 40.4 Å². The maximum absolute atomic E-state index is 9.63. The smallest absolute Gasteiger partial charge is 0.340 e. The SMILES string of the molecule is CC(C)C(C)(C)[N]O[C]=O. The second-order valence-corrected chi connectivity index (χ2v) is 3.07. The highest BCUT2D eigenvalue weighted by molar-refractivity contribution is 5.37. The summed E-state index contributed by atoms with van der Waals surface area (Å²) in [6, 6.07) is 0. The van der Waals surface area contributed by atoms with Gasteiger partial charge in [-0.25, -0.2) is 4.79 Å². The number of nitrogens with zero attached hydrogens (tertiary/aromatic N) is 1. The van der Waals surface area contributed by atoms with Crippen molar-refractivity contribution in [2.24, 2.45) is 5.92 Å². The van der Waals surface area contributed by atoms with Gasteiger partial charge in [-0.3, -0.25) is 0 Å². The molecule has 0 aliphatic heterocycles. The Kier molecular flexibility index (Phi) is 3.36. The molecule has 0 heterocycles. The Morgan fingerprint density at radius 3 is 2.30 bits per heavy atom. The second kappa shape index (κ2) is 3.56. The summed E-state index contributed by atoms with van der Waals surface area (Å²) in [6.45, 7) is 9.08. The minimum atomic E-state index is -0.308. The first kappa shape index (κ1) is 9.43. The molecule has 0 atom stereocenters. The zero-order chi connectivity index (χ0) is 8.20. The first-order valence-electron chi connectivity index (χ1n) is 3.26. The molecule has 58 valence electrons. The van der Waals surface area contributed by atoms with E-state index in [2.05, 4.69) is 10.3 Å². The standard InChI is InChI=1S/C7H13NO2/c1-6(2)7(3,4)8-10-5-9/h6H,1-4H3. The molecule has 3 heteroatoms. The van der Waals surface area contributed by atoms with E-state index in [4.69, 9.17) is 0 Å². The second-order valence-electron chi connectivity index (χ2n) is 3.07. The average Bonchev–Trinajstić information content (AvgIpc) is 1.84. The molecule has 0 aliphatic rings. The molecule has 0 bridgehead atoms. The highest BCUT2D eigenvalue weighted by atomic mass is 16.7. The van der Waals surface area contributed by atoms with Gasteiger partial charge in [-0.2, -0.15) is 0 Å². The van der Waals surface area contributed by atoms with E-state index in [9.17, 15) is 4.79 Å². The third-order valence-corrected chi connectivity index (χ3v) is 1.73. The normalized spacial score (nSPS) is 11.7. The molecule has 0 saturated heterocycles. The Bertz CT molecular complexity index is 110. The highest BCUT2D eigenvalue weighted by Gasteiger charge is 2.24. The quantitative estimate of drug-likeness (QED) is 0.551. The van der Waals surface area contributed by atoms with Crippen molar-refractivity contribution in [3.63, 3.8) is 0 Å². The van der Waals surface area contributed by atoms with Crippen molar-refractivity contribution in [1.29, 1.82) is 0 Å². The van der Waals surface area contributed by atoms with E-state index in [-0.39, 0.29) is 5.54 Å². The van der Waals surface area contributed by atoms with E-state index < -0.39 is 0 Å². The summed E-state index contributed by atoms with van der Waals surface area (Å²) < 4.78 is 0. The van der Waals surface area contributed by atoms with Gasteiger partial charge in [0, 0.05) is 0 Å². The lowest BCUT2D eigenvalue weighted by molar-refractivity contribution is 0.0539. The van der Waals surface area contributed by atoms with Crippen molar-refractivity contribution in [3.8, 4) is 0 Å². The molecule has 0 rings (SSSR count). The Labute approximate surface area is 61.7 Å². The molecule has 0 unspecified atom stereocenters. The van der Waals surface area contributed by atoms with Crippen molar-refractivity contribution in [3.05, 3.63) is 0 Å². The lowest BCUT2D eigenvalue weighted by Crippen LogP contribution is -2.38. The van der Waals surface area contributed by atoms with Crippen LogP contribution in [0.5, 0.6) is 0 Å². The summed E-state index contributed by atoms with van der Waals surface area (Å²) in [5.41, 5.74) is 3.34. The molecule has 0 aromatic heterocycles. The Morgan fingerprint density at radius 2 is 2.00 bits per heavy atom. The van der Waals surface area contributed by atoms with Crippen LogP contribution in [0.25, 0.3) is 0 Å². The summed E-state index contributed by atoms with van der Waals surface area (Å²) >= 11 is 0. The zero-order valence-electron chi connectivity index (χ0n) is 6.84. The van der Waals surface area contributed by atoms with Gasteiger partial charge in [0.05, 0.1) is 5.54 Å². The number of hydrogen-bond donors (Lipinski definition) is 0. The van der Waals surface area contributed by atoms with Crippen LogP contribution in [0.3, 0.4) is 0 Å². The van der Waals surface area contributed by atoms with Gasteiger partial charge in [0.1, 0.15) is 0 Å². The summed E-state index contributed by atoms with van der Waals surface area (Å²) in [6.07, 6.45) is 0. The maximum atomic E-state index is 9.63. The number of carbonyl (C=O) groups excluding carboxylic acids is 1. The van der Waals surface area contributed by atoms with Gasteiger partial charge in [-0.15, -0.1) is 0 Å². The van der Waals surface area contributed by atoms with Crippen LogP contribution in [0.15, 0.2) is 0 Å². The lowest BCUT2D eigenvalue weighted by Gasteiger charge is -2.24. The maximum Gasteiger partial charge on any atom is 0.439 e. The molecule has 0 amide bonds. The van der Waals surface area contributed by atoms with Crippen LogP contribution >= 0.6 is 0 Å². The highest BCUT2D eigenvalue weighted by Crippen LogP contribution is 2.15. The van der Waals surface area contributed by atoms with Gasteiger partial charge in [0.15, 0.2) is 0 Å². The molecule has 10 heavy (non-hydrogen) atoms. The van der Waals surface area contributed by atoms with Crippen molar-refractivity contribution >= 4 is 6.47 Å². The Morgan fingerprint density at radius 1 is 1.50 bits per heavy atom. The van der Waals surface area contributed by atoms with E-state index >= 15 is 0 Å². The third kappa shape index (κ3) is 2.82. The van der Waals surface area contributed by atoms with E-state index in [1.54, 1.807) is 0 Å². The minimum Gasteiger partial charge on any atom is -0.340 e. The number of rotatable bonds is 4. The Balaban J connectivity index is 3.74. The molecule has 0 aromatic carbocycles. The summed E-state index contributed by atoms with van der Waals surface area (Å²) in [7, 11) is 0. The average molecular weight is 143 g/mol. The van der Waals surface area contributed by atoms with Crippen molar-refractivity contribution in [2.75, 3.05) is 0 Å². The van der Waals surface area contributed by atoms with E-state index in [1.807, 2.05) is 27.7 Å². The largest absolute Gasteiger partial charge is 0.439 e. The fourth-order valence-electron chi connectivity index (χ4n) is 0.242. The molecule has 2 radical (unpaired) electrons. The zero-order valence-corrected chi connectivity index (χ0v) is 6.84. The van der Waals surface area contributed by atoms with Crippen molar-refractivity contribution < 1.29 is 9.63 Å². The predicted molar refractivity (Wildman–Crippen MR) is 37.8 cm³/mol. The van der Waals surface area contributed by atoms with Crippen molar-refractivity contribution in [2.45, 2.75) is 33.2 Å². The summed E-state index contributed by atoms with van der Waals surface area (Å²) in [5.74, 6) is 0.348. The van der Waals surface area contributed by atoms with Gasteiger partial charge in [0.25, 0.3) is 0 Å². The van der Waals surface area contributed by atoms with Crippen LogP contribution in [0.2, 0.25) is 0 Å². The molecule has 0 spiro atoms. The van der Waals surface area contributed by atoms with Crippen LogP contribution in [-0.2, 0) is 9.63 Å². The lowest BCUT2D eigenvalue weighted by atomic mass is 9.92. The van der Waals surface area contributed by atoms with Crippen molar-refractivity contribution in [1.82, 2.24) is 5.48 Å². The fraction of sp³-hybridized carbons (Fsp3) is 0.857. The van der Waals surface area contributed by atoms with E-state index in [0.717, 1.165) is 0 Å². The van der Waals surface area contributed by atoms with Crippen LogP contribution in [0, 0.1) is 5.92 Å². The van der Waals surface area contributed by atoms with E-state index in [0.29, 0.717) is 5.92 Å². The monoisotopic (exact) mass is 143 g/mol. The summed E-state index contributed by atoms with van der Waals surface area (Å²) in [5, 5.41) is 0. The van der Waals surface area contributed by atoms with Crippen LogP contribution in [-0.4, -0.2) is 12.0 Å². The van der Waals surface area contributed by atoms with Crippen LogP contribution in [0.4, 0.5) is 0 Å². The molecule has 0 aliphatic carbocycles. The molecule has 3 nitrogen and oxygen atoms in total. The molecule has 0 aromatic rings. The molecular formula is C7H13NO2. The predicted octanol–water partition coefficient (Wildman–Crippen LogP) is 1.02. The number of hydrogen-bond acceptors (Lipinski definition) is 2. The van der Waals surface area contributed by atoms with Gasteiger partial charge >= 0.3 is 6.47 Å². The van der Waals surface area contributed by atoms with E-state index in [1.165, 1.54) is 6.47 Å². The first-order valence-corrected chi connectivity index (χ1v) is 3.26. The minimum absolute atomic E-state index is 0.308. The third-order valence-electron chi connectivity index (χ3n) is 1.73. The van der Waals surface area contributed by atoms with Gasteiger partial charge in [-0.1, -0.05) is 13.8 Å². The summed E-state index contributed by atoms with van der Waals surface area (Å²) in [4.78, 5) is 13.8. The molecule has 0 N–H and O–H groups in total. The van der Waals surface area contributed by atoms with Gasteiger partial charge in [-0.05, 0) is 25.2 Å². The van der Waals surface area contributed by atoms with Gasteiger partial charge in [0.2, 0.25) is 0 Å². The molecule has 0 fully saturated rings. The van der Waals surface area contributed by atoms with Gasteiger partial charge < -0.3 is 4.84 Å². The van der Waals surface area contributed by atoms with Crippen LogP contribution in [0.1, 0.15) is 27.7 Å². The fourth-order valence-corrected chi connectivity index (χ4v) is 0.242. The molecular weight excluding hydrogens is 130 g/mol. The molecule has 0 saturated carbocycles.